The third kappa shape index (κ3) is 3.06. The van der Waals surface area contributed by atoms with E-state index in [1.807, 2.05) is 24.3 Å². The zero-order valence-corrected chi connectivity index (χ0v) is 13.1. The molecule has 1 fully saturated rings. The SMILES string of the molecule is Cc1nn(Cc2ccccc2Cl)c(Cl)c1C(=O)NC1CC1. The van der Waals surface area contributed by atoms with E-state index in [4.69, 9.17) is 23.2 Å². The third-order valence-corrected chi connectivity index (χ3v) is 4.24. The Bertz CT molecular complexity index is 692. The van der Waals surface area contributed by atoms with Gasteiger partial charge in [-0.05, 0) is 31.4 Å². The summed E-state index contributed by atoms with van der Waals surface area (Å²) in [6, 6.07) is 7.81. The summed E-state index contributed by atoms with van der Waals surface area (Å²) in [5, 5.41) is 8.31. The molecule has 1 aromatic heterocycles. The smallest absolute Gasteiger partial charge is 0.256 e. The number of carbonyl (C=O) groups excluding carboxylic acids is 1. The van der Waals surface area contributed by atoms with Crippen LogP contribution in [0.25, 0.3) is 0 Å². The minimum atomic E-state index is -0.148. The van der Waals surface area contributed by atoms with Gasteiger partial charge in [-0.3, -0.25) is 4.79 Å². The zero-order chi connectivity index (χ0) is 15.0. The number of hydrogen-bond donors (Lipinski definition) is 1. The molecular formula is C15H15Cl2N3O. The fraction of sp³-hybridized carbons (Fsp3) is 0.333. The van der Waals surface area contributed by atoms with Crippen molar-refractivity contribution in [1.82, 2.24) is 15.1 Å². The summed E-state index contributed by atoms with van der Waals surface area (Å²) in [6.07, 6.45) is 2.08. The molecule has 3 rings (SSSR count). The second-order valence-corrected chi connectivity index (χ2v) is 6.01. The lowest BCUT2D eigenvalue weighted by atomic mass is 10.2. The molecule has 0 bridgehead atoms. The molecule has 2 aromatic rings. The average molecular weight is 324 g/mol. The lowest BCUT2D eigenvalue weighted by Crippen LogP contribution is -2.26. The Morgan fingerprint density at radius 2 is 2.10 bits per heavy atom. The maximum atomic E-state index is 12.2. The highest BCUT2D eigenvalue weighted by Gasteiger charge is 2.27. The minimum absolute atomic E-state index is 0.148. The van der Waals surface area contributed by atoms with Crippen LogP contribution in [0.2, 0.25) is 10.2 Å². The van der Waals surface area contributed by atoms with Crippen molar-refractivity contribution >= 4 is 29.1 Å². The number of halogens is 2. The molecule has 1 amide bonds. The van der Waals surface area contributed by atoms with Gasteiger partial charge in [0.05, 0.1) is 17.8 Å². The van der Waals surface area contributed by atoms with Gasteiger partial charge in [-0.15, -0.1) is 0 Å². The van der Waals surface area contributed by atoms with Crippen molar-refractivity contribution < 1.29 is 4.79 Å². The van der Waals surface area contributed by atoms with Crippen LogP contribution in [-0.4, -0.2) is 21.7 Å². The Kier molecular flexibility index (Phi) is 3.91. The number of hydrogen-bond acceptors (Lipinski definition) is 2. The number of rotatable bonds is 4. The van der Waals surface area contributed by atoms with Crippen molar-refractivity contribution in [2.24, 2.45) is 0 Å². The van der Waals surface area contributed by atoms with Crippen molar-refractivity contribution in [2.45, 2.75) is 32.4 Å². The van der Waals surface area contributed by atoms with Crippen LogP contribution in [0.3, 0.4) is 0 Å². The minimum Gasteiger partial charge on any atom is -0.349 e. The topological polar surface area (TPSA) is 46.9 Å². The number of benzene rings is 1. The summed E-state index contributed by atoms with van der Waals surface area (Å²) in [5.41, 5.74) is 2.00. The van der Waals surface area contributed by atoms with Gasteiger partial charge >= 0.3 is 0 Å². The van der Waals surface area contributed by atoms with Gasteiger partial charge < -0.3 is 5.32 Å². The first kappa shape index (κ1) is 14.4. The Hall–Kier alpha value is -1.52. The maximum Gasteiger partial charge on any atom is 0.256 e. The monoisotopic (exact) mass is 323 g/mol. The van der Waals surface area contributed by atoms with Gasteiger partial charge in [0.15, 0.2) is 0 Å². The average Bonchev–Trinajstić information content (AvgIpc) is 3.19. The van der Waals surface area contributed by atoms with Crippen molar-refractivity contribution in [1.29, 1.82) is 0 Å². The first-order chi connectivity index (χ1) is 10.1. The highest BCUT2D eigenvalue weighted by molar-refractivity contribution is 6.33. The molecule has 1 aliphatic carbocycles. The summed E-state index contributed by atoms with van der Waals surface area (Å²) in [7, 11) is 0. The lowest BCUT2D eigenvalue weighted by Gasteiger charge is -2.06. The fourth-order valence-electron chi connectivity index (χ4n) is 2.19. The van der Waals surface area contributed by atoms with E-state index in [2.05, 4.69) is 10.4 Å². The van der Waals surface area contributed by atoms with Crippen LogP contribution >= 0.6 is 23.2 Å². The molecule has 0 aliphatic heterocycles. The van der Waals surface area contributed by atoms with E-state index < -0.39 is 0 Å². The zero-order valence-electron chi connectivity index (χ0n) is 11.6. The summed E-state index contributed by atoms with van der Waals surface area (Å²) >= 11 is 12.5. The number of amides is 1. The van der Waals surface area contributed by atoms with E-state index in [0.29, 0.717) is 34.0 Å². The molecule has 4 nitrogen and oxygen atoms in total. The van der Waals surface area contributed by atoms with Crippen LogP contribution in [0, 0.1) is 6.92 Å². The number of nitrogens with one attached hydrogen (secondary N) is 1. The normalized spacial score (nSPS) is 14.2. The molecule has 1 heterocycles. The van der Waals surface area contributed by atoms with Crippen LogP contribution in [0.5, 0.6) is 0 Å². The van der Waals surface area contributed by atoms with E-state index in [9.17, 15) is 4.79 Å². The van der Waals surface area contributed by atoms with Crippen molar-refractivity contribution in [3.05, 3.63) is 51.3 Å². The molecular weight excluding hydrogens is 309 g/mol. The highest BCUT2D eigenvalue weighted by atomic mass is 35.5. The summed E-state index contributed by atoms with van der Waals surface area (Å²) in [5.74, 6) is -0.148. The van der Waals surface area contributed by atoms with Crippen molar-refractivity contribution in [3.63, 3.8) is 0 Å². The molecule has 0 unspecified atom stereocenters. The molecule has 110 valence electrons. The van der Waals surface area contributed by atoms with Gasteiger partial charge in [0.2, 0.25) is 0 Å². The van der Waals surface area contributed by atoms with Crippen LogP contribution in [0.4, 0.5) is 0 Å². The van der Waals surface area contributed by atoms with Crippen LogP contribution < -0.4 is 5.32 Å². The Labute approximate surface area is 133 Å². The molecule has 21 heavy (non-hydrogen) atoms. The lowest BCUT2D eigenvalue weighted by molar-refractivity contribution is 0.0950. The second-order valence-electron chi connectivity index (χ2n) is 5.25. The highest BCUT2D eigenvalue weighted by Crippen LogP contribution is 2.25. The molecule has 0 spiro atoms. The standard InChI is InChI=1S/C15H15Cl2N3O/c1-9-13(15(21)18-11-6-7-11)14(17)20(19-9)8-10-4-2-3-5-12(10)16/h2-5,11H,6-8H2,1H3,(H,18,21). The largest absolute Gasteiger partial charge is 0.349 e. The number of carbonyl (C=O) groups is 1. The van der Waals surface area contributed by atoms with E-state index in [1.165, 1.54) is 0 Å². The number of nitrogens with zero attached hydrogens (tertiary/aromatic N) is 2. The predicted octanol–water partition coefficient (Wildman–Crippen LogP) is 3.44. The van der Waals surface area contributed by atoms with Gasteiger partial charge in [0.1, 0.15) is 5.15 Å². The Morgan fingerprint density at radius 1 is 1.38 bits per heavy atom. The summed E-state index contributed by atoms with van der Waals surface area (Å²) < 4.78 is 1.61. The summed E-state index contributed by atoms with van der Waals surface area (Å²) in [4.78, 5) is 12.2. The van der Waals surface area contributed by atoms with E-state index in [-0.39, 0.29) is 5.91 Å². The van der Waals surface area contributed by atoms with Gasteiger partial charge in [-0.2, -0.15) is 5.10 Å². The van der Waals surface area contributed by atoms with E-state index >= 15 is 0 Å². The van der Waals surface area contributed by atoms with Crippen LogP contribution in [0.15, 0.2) is 24.3 Å². The maximum absolute atomic E-state index is 12.2. The molecule has 1 aromatic carbocycles. The molecule has 0 saturated heterocycles. The van der Waals surface area contributed by atoms with Crippen LogP contribution in [0.1, 0.15) is 34.5 Å². The Morgan fingerprint density at radius 3 is 2.76 bits per heavy atom. The van der Waals surface area contributed by atoms with Gasteiger partial charge in [0.25, 0.3) is 5.91 Å². The van der Waals surface area contributed by atoms with Gasteiger partial charge in [-0.1, -0.05) is 41.4 Å². The van der Waals surface area contributed by atoms with Crippen molar-refractivity contribution in [3.8, 4) is 0 Å². The Balaban J connectivity index is 1.86. The number of aromatic nitrogens is 2. The fourth-order valence-corrected chi connectivity index (χ4v) is 2.70. The predicted molar refractivity (Wildman–Crippen MR) is 83.0 cm³/mol. The second kappa shape index (κ2) is 5.70. The van der Waals surface area contributed by atoms with E-state index in [0.717, 1.165) is 18.4 Å². The first-order valence-electron chi connectivity index (χ1n) is 6.83. The molecule has 1 N–H and O–H groups in total. The quantitative estimate of drug-likeness (QED) is 0.936. The van der Waals surface area contributed by atoms with Gasteiger partial charge in [0, 0.05) is 11.1 Å². The van der Waals surface area contributed by atoms with Crippen molar-refractivity contribution in [2.75, 3.05) is 0 Å². The molecule has 0 radical (unpaired) electrons. The molecule has 0 atom stereocenters. The molecule has 1 aliphatic rings. The number of aryl methyl sites for hydroxylation is 1. The van der Waals surface area contributed by atoms with Gasteiger partial charge in [-0.25, -0.2) is 4.68 Å². The van der Waals surface area contributed by atoms with E-state index in [1.54, 1.807) is 11.6 Å². The first-order valence-corrected chi connectivity index (χ1v) is 7.59. The van der Waals surface area contributed by atoms with Crippen LogP contribution in [-0.2, 0) is 6.54 Å². The third-order valence-electron chi connectivity index (χ3n) is 3.48. The summed E-state index contributed by atoms with van der Waals surface area (Å²) in [6.45, 7) is 2.23. The molecule has 6 heteroatoms. The molecule has 1 saturated carbocycles.